The van der Waals surface area contributed by atoms with Crippen LogP contribution in [0.4, 0.5) is 0 Å². The molecule has 0 amide bonds. The molecule has 5 rings (SSSR count). The third kappa shape index (κ3) is 4.28. The summed E-state index contributed by atoms with van der Waals surface area (Å²) in [5, 5.41) is 0. The van der Waals surface area contributed by atoms with Gasteiger partial charge in [-0.3, -0.25) is 0 Å². The van der Waals surface area contributed by atoms with Crippen molar-refractivity contribution in [1.82, 2.24) is 9.97 Å². The number of thiazole rings is 2. The van der Waals surface area contributed by atoms with Gasteiger partial charge in [0.15, 0.2) is 8.68 Å². The second-order valence-corrected chi connectivity index (χ2v) is 11.7. The van der Waals surface area contributed by atoms with Gasteiger partial charge < -0.3 is 0 Å². The molecule has 2 heterocycles. The van der Waals surface area contributed by atoms with E-state index in [1.807, 2.05) is 23.5 Å². The Hall–Kier alpha value is -1.86. The second-order valence-electron chi connectivity index (χ2n) is 7.18. The van der Waals surface area contributed by atoms with Gasteiger partial charge in [-0.05, 0) is 60.4 Å². The van der Waals surface area contributed by atoms with Gasteiger partial charge in [0.1, 0.15) is 0 Å². The maximum Gasteiger partial charge on any atom is 0.151 e. The van der Waals surface area contributed by atoms with Crippen LogP contribution in [0.1, 0.15) is 22.3 Å². The third-order valence-electron chi connectivity index (χ3n) is 5.05. The van der Waals surface area contributed by atoms with Crippen molar-refractivity contribution in [3.05, 3.63) is 82.9 Å². The summed E-state index contributed by atoms with van der Waals surface area (Å²) in [5.41, 5.74) is 7.69. The summed E-state index contributed by atoms with van der Waals surface area (Å²) in [5.74, 6) is 1.90. The molecule has 0 aliphatic rings. The van der Waals surface area contributed by atoms with Crippen LogP contribution in [-0.2, 0) is 11.5 Å². The fourth-order valence-corrected chi connectivity index (χ4v) is 7.63. The standard InChI is InChI=1S/C24H20N2S4/c1-15-11-16(2)18(14-28-24-26-20-8-4-6-10-22(20)30-24)12-17(15)13-27-23-25-19-7-3-5-9-21(19)29-23/h3-12H,13-14H2,1-2H3. The zero-order valence-corrected chi connectivity index (χ0v) is 20.0. The number of hydrogen-bond donors (Lipinski definition) is 0. The van der Waals surface area contributed by atoms with E-state index < -0.39 is 0 Å². The lowest BCUT2D eigenvalue weighted by Crippen LogP contribution is -1.94. The summed E-state index contributed by atoms with van der Waals surface area (Å²) in [6.07, 6.45) is 0. The molecule has 0 aliphatic heterocycles. The molecule has 2 aromatic heterocycles. The van der Waals surface area contributed by atoms with Crippen molar-refractivity contribution < 1.29 is 0 Å². The zero-order chi connectivity index (χ0) is 20.5. The first-order valence-corrected chi connectivity index (χ1v) is 13.3. The Morgan fingerprint density at radius 2 is 1.13 bits per heavy atom. The SMILES string of the molecule is Cc1cc(C)c(CSc2nc3ccccc3s2)cc1CSc1nc2ccccc2s1. The first-order valence-electron chi connectivity index (χ1n) is 9.71. The van der Waals surface area contributed by atoms with Crippen molar-refractivity contribution >= 4 is 66.6 Å². The molecule has 150 valence electrons. The molecule has 3 aromatic carbocycles. The fraction of sp³-hybridized carbons (Fsp3) is 0.167. The maximum atomic E-state index is 4.76. The average Bonchev–Trinajstić information content (AvgIpc) is 3.35. The quantitative estimate of drug-likeness (QED) is 0.237. The van der Waals surface area contributed by atoms with E-state index in [2.05, 4.69) is 74.5 Å². The molecule has 30 heavy (non-hydrogen) atoms. The predicted octanol–water partition coefficient (Wildman–Crippen LogP) is 8.11. The summed E-state index contributed by atoms with van der Waals surface area (Å²) in [4.78, 5) is 9.53. The normalized spacial score (nSPS) is 11.5. The molecule has 0 saturated carbocycles. The number of rotatable bonds is 6. The van der Waals surface area contributed by atoms with Crippen LogP contribution >= 0.6 is 46.2 Å². The maximum absolute atomic E-state index is 4.76. The van der Waals surface area contributed by atoms with Crippen LogP contribution in [0.2, 0.25) is 0 Å². The molecule has 0 aliphatic carbocycles. The lowest BCUT2D eigenvalue weighted by molar-refractivity contribution is 1.20. The van der Waals surface area contributed by atoms with Gasteiger partial charge >= 0.3 is 0 Å². The van der Waals surface area contributed by atoms with Gasteiger partial charge in [0.05, 0.1) is 20.4 Å². The molecule has 0 spiro atoms. The van der Waals surface area contributed by atoms with Crippen LogP contribution < -0.4 is 0 Å². The molecule has 0 atom stereocenters. The molecular formula is C24H20N2S4. The highest BCUT2D eigenvalue weighted by Crippen LogP contribution is 2.35. The number of hydrogen-bond acceptors (Lipinski definition) is 6. The zero-order valence-electron chi connectivity index (χ0n) is 16.7. The Bertz CT molecular complexity index is 1170. The molecule has 0 N–H and O–H groups in total. The molecule has 0 radical (unpaired) electrons. The number of aromatic nitrogens is 2. The molecule has 2 nitrogen and oxygen atoms in total. The van der Waals surface area contributed by atoms with Crippen LogP contribution in [0, 0.1) is 13.8 Å². The van der Waals surface area contributed by atoms with E-state index in [0.29, 0.717) is 0 Å². The van der Waals surface area contributed by atoms with Gasteiger partial charge in [-0.25, -0.2) is 9.97 Å². The number of fused-ring (bicyclic) bond motifs is 2. The molecule has 0 fully saturated rings. The van der Waals surface area contributed by atoms with Gasteiger partial charge in [-0.15, -0.1) is 22.7 Å². The molecular weight excluding hydrogens is 445 g/mol. The Balaban J connectivity index is 1.31. The van der Waals surface area contributed by atoms with E-state index in [-0.39, 0.29) is 0 Å². The molecule has 6 heteroatoms. The lowest BCUT2D eigenvalue weighted by Gasteiger charge is -2.11. The average molecular weight is 465 g/mol. The van der Waals surface area contributed by atoms with Crippen LogP contribution in [0.3, 0.4) is 0 Å². The van der Waals surface area contributed by atoms with Gasteiger partial charge in [0.25, 0.3) is 0 Å². The molecule has 0 unspecified atom stereocenters. The smallest absolute Gasteiger partial charge is 0.151 e. The highest BCUT2D eigenvalue weighted by molar-refractivity contribution is 8.00. The van der Waals surface area contributed by atoms with Gasteiger partial charge in [-0.2, -0.15) is 0 Å². The summed E-state index contributed by atoms with van der Waals surface area (Å²) in [7, 11) is 0. The number of para-hydroxylation sites is 2. The highest BCUT2D eigenvalue weighted by Gasteiger charge is 2.10. The number of thioether (sulfide) groups is 2. The van der Waals surface area contributed by atoms with Crippen LogP contribution in [-0.4, -0.2) is 9.97 Å². The first-order chi connectivity index (χ1) is 14.7. The highest BCUT2D eigenvalue weighted by atomic mass is 32.2. The van der Waals surface area contributed by atoms with Crippen molar-refractivity contribution in [2.24, 2.45) is 0 Å². The fourth-order valence-electron chi connectivity index (χ4n) is 3.36. The van der Waals surface area contributed by atoms with E-state index in [4.69, 9.17) is 9.97 Å². The number of nitrogens with zero attached hydrogens (tertiary/aromatic N) is 2. The van der Waals surface area contributed by atoms with Gasteiger partial charge in [0.2, 0.25) is 0 Å². The Morgan fingerprint density at radius 1 is 0.667 bits per heavy atom. The van der Waals surface area contributed by atoms with Crippen molar-refractivity contribution in [1.29, 1.82) is 0 Å². The number of aryl methyl sites for hydroxylation is 2. The first kappa shape index (κ1) is 20.1. The van der Waals surface area contributed by atoms with Crippen molar-refractivity contribution in [2.45, 2.75) is 34.0 Å². The second kappa shape index (κ2) is 8.71. The predicted molar refractivity (Wildman–Crippen MR) is 134 cm³/mol. The molecule has 0 saturated heterocycles. The van der Waals surface area contributed by atoms with E-state index in [0.717, 1.165) is 31.2 Å². The minimum absolute atomic E-state index is 0.949. The Labute approximate surface area is 192 Å². The summed E-state index contributed by atoms with van der Waals surface area (Å²) >= 11 is 7.23. The lowest BCUT2D eigenvalue weighted by atomic mass is 10.0. The van der Waals surface area contributed by atoms with Crippen LogP contribution in [0.25, 0.3) is 20.4 Å². The van der Waals surface area contributed by atoms with E-state index >= 15 is 0 Å². The van der Waals surface area contributed by atoms with Crippen LogP contribution in [0.15, 0.2) is 69.3 Å². The van der Waals surface area contributed by atoms with Gasteiger partial charge in [0, 0.05) is 11.5 Å². The topological polar surface area (TPSA) is 25.8 Å². The van der Waals surface area contributed by atoms with Gasteiger partial charge in [-0.1, -0.05) is 59.9 Å². The van der Waals surface area contributed by atoms with Crippen molar-refractivity contribution in [3.63, 3.8) is 0 Å². The third-order valence-corrected chi connectivity index (χ3v) is 9.50. The van der Waals surface area contributed by atoms with Crippen molar-refractivity contribution in [3.8, 4) is 0 Å². The summed E-state index contributed by atoms with van der Waals surface area (Å²) in [6.45, 7) is 4.43. The summed E-state index contributed by atoms with van der Waals surface area (Å²) < 4.78 is 4.80. The number of benzene rings is 3. The largest absolute Gasteiger partial charge is 0.230 e. The van der Waals surface area contributed by atoms with E-state index in [1.54, 1.807) is 22.7 Å². The Morgan fingerprint density at radius 3 is 1.60 bits per heavy atom. The van der Waals surface area contributed by atoms with E-state index in [1.165, 1.54) is 31.7 Å². The summed E-state index contributed by atoms with van der Waals surface area (Å²) in [6, 6.07) is 21.4. The monoisotopic (exact) mass is 464 g/mol. The minimum Gasteiger partial charge on any atom is -0.230 e. The van der Waals surface area contributed by atoms with Crippen molar-refractivity contribution in [2.75, 3.05) is 0 Å². The molecule has 5 aromatic rings. The van der Waals surface area contributed by atoms with E-state index in [9.17, 15) is 0 Å². The minimum atomic E-state index is 0.949. The molecule has 0 bridgehead atoms. The van der Waals surface area contributed by atoms with Crippen LogP contribution in [0.5, 0.6) is 0 Å². The Kier molecular flexibility index (Phi) is 5.83.